The lowest BCUT2D eigenvalue weighted by Gasteiger charge is -2.22. The molecule has 6 nitrogen and oxygen atoms in total. The van der Waals surface area contributed by atoms with Gasteiger partial charge in [0.25, 0.3) is 0 Å². The van der Waals surface area contributed by atoms with Crippen LogP contribution >= 0.6 is 0 Å². The number of hydrogen-bond acceptors (Lipinski definition) is 4. The zero-order valence-electron chi connectivity index (χ0n) is 15.8. The first-order valence-corrected chi connectivity index (χ1v) is 11.8. The highest BCUT2D eigenvalue weighted by molar-refractivity contribution is 7.89. The molecule has 13 heteroatoms. The second kappa shape index (κ2) is 8.45. The molecule has 170 valence electrons. The minimum absolute atomic E-state index is 0.0387. The minimum atomic E-state index is -5.07. The summed E-state index contributed by atoms with van der Waals surface area (Å²) < 4.78 is 118. The number of nitrogens with zero attached hydrogens (tertiary/aromatic N) is 2. The topological polar surface area (TPSA) is 74.8 Å². The molecule has 0 aliphatic carbocycles. The lowest BCUT2D eigenvalue weighted by atomic mass is 10.2. The standard InChI is InChI=1S/C18H17F5N2O4S2/c19-13-2-4-14(5-3-13)30(26,27)24-8-1-9-25(11-10-24)31(28,29)15-6-7-17(20)16(12-15)18(21,22)23/h2-7,12H,1,8-11H2. The first-order chi connectivity index (χ1) is 14.3. The van der Waals surface area contributed by atoms with Gasteiger partial charge in [-0.05, 0) is 48.9 Å². The van der Waals surface area contributed by atoms with Crippen molar-refractivity contribution >= 4 is 20.0 Å². The van der Waals surface area contributed by atoms with Crippen molar-refractivity contribution in [1.82, 2.24) is 8.61 Å². The summed E-state index contributed by atoms with van der Waals surface area (Å²) in [4.78, 5) is -0.908. The van der Waals surface area contributed by atoms with Gasteiger partial charge >= 0.3 is 6.18 Å². The molecule has 1 aliphatic rings. The van der Waals surface area contributed by atoms with Gasteiger partial charge in [0.2, 0.25) is 20.0 Å². The van der Waals surface area contributed by atoms with Crippen LogP contribution in [-0.2, 0) is 26.2 Å². The van der Waals surface area contributed by atoms with Gasteiger partial charge in [0.1, 0.15) is 11.6 Å². The van der Waals surface area contributed by atoms with E-state index in [-0.39, 0.29) is 43.6 Å². The van der Waals surface area contributed by atoms with E-state index in [0.717, 1.165) is 38.9 Å². The maximum atomic E-state index is 13.5. The van der Waals surface area contributed by atoms with Crippen molar-refractivity contribution in [1.29, 1.82) is 0 Å². The van der Waals surface area contributed by atoms with Crippen LogP contribution in [0.3, 0.4) is 0 Å². The molecule has 1 heterocycles. The summed E-state index contributed by atoms with van der Waals surface area (Å²) in [5.41, 5.74) is -1.70. The molecule has 0 bridgehead atoms. The molecule has 0 unspecified atom stereocenters. The molecular formula is C18H17F5N2O4S2. The second-order valence-corrected chi connectivity index (χ2v) is 10.6. The fourth-order valence-corrected chi connectivity index (χ4v) is 6.10. The summed E-state index contributed by atoms with van der Waals surface area (Å²) in [6.45, 7) is -0.757. The number of halogens is 5. The Kier molecular flexibility index (Phi) is 6.42. The minimum Gasteiger partial charge on any atom is -0.207 e. The molecule has 0 atom stereocenters. The molecule has 0 aromatic heterocycles. The van der Waals surface area contributed by atoms with Crippen molar-refractivity contribution in [3.63, 3.8) is 0 Å². The Morgan fingerprint density at radius 1 is 0.710 bits per heavy atom. The monoisotopic (exact) mass is 484 g/mol. The summed E-state index contributed by atoms with van der Waals surface area (Å²) in [6.07, 6.45) is -5.00. The highest BCUT2D eigenvalue weighted by Gasteiger charge is 2.37. The van der Waals surface area contributed by atoms with Gasteiger partial charge in [-0.2, -0.15) is 21.8 Å². The average molecular weight is 484 g/mol. The maximum absolute atomic E-state index is 13.5. The number of benzene rings is 2. The van der Waals surface area contributed by atoms with Crippen molar-refractivity contribution in [2.45, 2.75) is 22.4 Å². The van der Waals surface area contributed by atoms with E-state index in [2.05, 4.69) is 0 Å². The molecule has 2 aromatic rings. The molecule has 1 aliphatic heterocycles. The van der Waals surface area contributed by atoms with Crippen molar-refractivity contribution in [3.05, 3.63) is 59.7 Å². The Morgan fingerprint density at radius 2 is 1.19 bits per heavy atom. The van der Waals surface area contributed by atoms with E-state index < -0.39 is 48.3 Å². The van der Waals surface area contributed by atoms with Gasteiger partial charge in [0.15, 0.2) is 0 Å². The quantitative estimate of drug-likeness (QED) is 0.626. The van der Waals surface area contributed by atoms with Gasteiger partial charge in [0.05, 0.1) is 15.4 Å². The number of sulfonamides is 2. The summed E-state index contributed by atoms with van der Waals surface area (Å²) in [7, 11) is -8.45. The summed E-state index contributed by atoms with van der Waals surface area (Å²) in [6, 6.07) is 5.52. The van der Waals surface area contributed by atoms with Gasteiger partial charge in [-0.15, -0.1) is 0 Å². The number of alkyl halides is 3. The Morgan fingerprint density at radius 3 is 1.71 bits per heavy atom. The van der Waals surface area contributed by atoms with E-state index in [4.69, 9.17) is 0 Å². The fraction of sp³-hybridized carbons (Fsp3) is 0.333. The largest absolute Gasteiger partial charge is 0.419 e. The third kappa shape index (κ3) is 4.89. The first kappa shape index (κ1) is 23.6. The molecular weight excluding hydrogens is 467 g/mol. The Hall–Kier alpha value is -2.09. The highest BCUT2D eigenvalue weighted by Crippen LogP contribution is 2.33. The van der Waals surface area contributed by atoms with Crippen LogP contribution in [0.4, 0.5) is 22.0 Å². The van der Waals surface area contributed by atoms with Crippen LogP contribution in [0.15, 0.2) is 52.3 Å². The van der Waals surface area contributed by atoms with E-state index in [1.54, 1.807) is 0 Å². The average Bonchev–Trinajstić information content (AvgIpc) is 2.95. The molecule has 3 rings (SSSR count). The summed E-state index contributed by atoms with van der Waals surface area (Å²) >= 11 is 0. The van der Waals surface area contributed by atoms with Gasteiger partial charge in [-0.3, -0.25) is 0 Å². The molecule has 31 heavy (non-hydrogen) atoms. The van der Waals surface area contributed by atoms with E-state index in [9.17, 15) is 38.8 Å². The lowest BCUT2D eigenvalue weighted by Crippen LogP contribution is -2.37. The van der Waals surface area contributed by atoms with Crippen molar-refractivity contribution < 1.29 is 38.8 Å². The van der Waals surface area contributed by atoms with E-state index in [1.165, 1.54) is 0 Å². The molecule has 0 spiro atoms. The van der Waals surface area contributed by atoms with E-state index in [0.29, 0.717) is 6.07 Å². The first-order valence-electron chi connectivity index (χ1n) is 8.96. The Bertz CT molecular complexity index is 1170. The molecule has 2 aromatic carbocycles. The van der Waals surface area contributed by atoms with Gasteiger partial charge < -0.3 is 0 Å². The second-order valence-electron chi connectivity index (χ2n) is 6.76. The van der Waals surface area contributed by atoms with Gasteiger partial charge in [0, 0.05) is 26.2 Å². The number of rotatable bonds is 4. The van der Waals surface area contributed by atoms with Crippen LogP contribution in [0, 0.1) is 11.6 Å². The molecule has 0 radical (unpaired) electrons. The third-order valence-electron chi connectivity index (χ3n) is 4.75. The normalized spacial score (nSPS) is 17.5. The molecule has 0 N–H and O–H groups in total. The molecule has 0 saturated carbocycles. The highest BCUT2D eigenvalue weighted by atomic mass is 32.2. The maximum Gasteiger partial charge on any atom is 0.419 e. The van der Waals surface area contributed by atoms with Crippen LogP contribution < -0.4 is 0 Å². The molecule has 0 amide bonds. The van der Waals surface area contributed by atoms with E-state index in [1.807, 2.05) is 0 Å². The SMILES string of the molecule is O=S(=O)(c1ccc(F)cc1)N1CCCN(S(=O)(=O)c2ccc(F)c(C(F)(F)F)c2)CC1. The Balaban J connectivity index is 1.84. The van der Waals surface area contributed by atoms with E-state index >= 15 is 0 Å². The van der Waals surface area contributed by atoms with Crippen LogP contribution in [0.25, 0.3) is 0 Å². The molecule has 1 fully saturated rings. The fourth-order valence-electron chi connectivity index (χ4n) is 3.14. The smallest absolute Gasteiger partial charge is 0.207 e. The zero-order valence-corrected chi connectivity index (χ0v) is 17.4. The van der Waals surface area contributed by atoms with Gasteiger partial charge in [-0.25, -0.2) is 25.6 Å². The van der Waals surface area contributed by atoms with Crippen LogP contribution in [0.2, 0.25) is 0 Å². The van der Waals surface area contributed by atoms with Crippen LogP contribution in [0.1, 0.15) is 12.0 Å². The number of hydrogen-bond donors (Lipinski definition) is 0. The summed E-state index contributed by atoms with van der Waals surface area (Å²) in [5, 5.41) is 0. The zero-order chi connectivity index (χ0) is 23.0. The van der Waals surface area contributed by atoms with Crippen molar-refractivity contribution in [3.8, 4) is 0 Å². The Labute approximate surface area is 176 Å². The van der Waals surface area contributed by atoms with Crippen molar-refractivity contribution in [2.75, 3.05) is 26.2 Å². The predicted octanol–water partition coefficient (Wildman–Crippen LogP) is 3.07. The van der Waals surface area contributed by atoms with Crippen molar-refractivity contribution in [2.24, 2.45) is 0 Å². The third-order valence-corrected chi connectivity index (χ3v) is 8.55. The van der Waals surface area contributed by atoms with Crippen LogP contribution in [0.5, 0.6) is 0 Å². The summed E-state index contributed by atoms with van der Waals surface area (Å²) in [5.74, 6) is -2.22. The predicted molar refractivity (Wildman–Crippen MR) is 99.9 cm³/mol. The van der Waals surface area contributed by atoms with Crippen LogP contribution in [-0.4, -0.2) is 51.6 Å². The van der Waals surface area contributed by atoms with Gasteiger partial charge in [-0.1, -0.05) is 0 Å². The molecule has 1 saturated heterocycles. The lowest BCUT2D eigenvalue weighted by molar-refractivity contribution is -0.140.